The van der Waals surface area contributed by atoms with Crippen molar-refractivity contribution in [3.05, 3.63) is 0 Å². The molecule has 2 atom stereocenters. The Morgan fingerprint density at radius 2 is 2.11 bits per heavy atom. The number of aliphatic hydroxyl groups is 1. The zero-order valence-corrected chi connectivity index (χ0v) is 12.2. The van der Waals surface area contributed by atoms with E-state index < -0.39 is 10.2 Å². The predicted octanol–water partition coefficient (Wildman–Crippen LogP) is 0.961. The number of aliphatic hydroxyl groups excluding tert-OH is 1. The van der Waals surface area contributed by atoms with Gasteiger partial charge in [0, 0.05) is 26.7 Å². The molecule has 0 bridgehead atoms. The van der Waals surface area contributed by atoms with E-state index >= 15 is 0 Å². The molecule has 6 heteroatoms. The molecule has 1 fully saturated rings. The van der Waals surface area contributed by atoms with E-state index in [-0.39, 0.29) is 6.61 Å². The lowest BCUT2D eigenvalue weighted by Gasteiger charge is -2.27. The van der Waals surface area contributed by atoms with Crippen LogP contribution in [0.3, 0.4) is 0 Å². The van der Waals surface area contributed by atoms with E-state index in [1.165, 1.54) is 17.1 Å². The molecule has 5 nitrogen and oxygen atoms in total. The molecule has 0 heterocycles. The summed E-state index contributed by atoms with van der Waals surface area (Å²) in [4.78, 5) is 0. The second-order valence-electron chi connectivity index (χ2n) is 5.39. The standard InChI is InChI=1S/C12H26N2O3S/c1-11-5-3-6-12(9-11)10-13-18(16,17)14(2)7-4-8-15/h11-13,15H,3-10H2,1-2H3. The lowest BCUT2D eigenvalue weighted by atomic mass is 9.83. The fourth-order valence-electron chi connectivity index (χ4n) is 2.49. The molecule has 0 saturated heterocycles. The topological polar surface area (TPSA) is 69.6 Å². The molecule has 0 amide bonds. The van der Waals surface area contributed by atoms with Crippen molar-refractivity contribution in [2.75, 3.05) is 26.7 Å². The molecule has 0 aromatic carbocycles. The molecule has 2 N–H and O–H groups in total. The molecule has 0 aromatic rings. The molecular weight excluding hydrogens is 252 g/mol. The van der Waals surface area contributed by atoms with E-state index in [1.54, 1.807) is 7.05 Å². The summed E-state index contributed by atoms with van der Waals surface area (Å²) < 4.78 is 27.7. The maximum atomic E-state index is 11.9. The van der Waals surface area contributed by atoms with Gasteiger partial charge in [-0.3, -0.25) is 0 Å². The molecule has 0 radical (unpaired) electrons. The third-order valence-electron chi connectivity index (χ3n) is 3.64. The molecule has 0 aliphatic heterocycles. The highest BCUT2D eigenvalue weighted by Crippen LogP contribution is 2.28. The van der Waals surface area contributed by atoms with Crippen LogP contribution < -0.4 is 4.72 Å². The van der Waals surface area contributed by atoms with Crippen LogP contribution in [0.1, 0.15) is 39.0 Å². The van der Waals surface area contributed by atoms with Gasteiger partial charge >= 0.3 is 0 Å². The molecule has 1 aliphatic rings. The Labute approximate surface area is 111 Å². The predicted molar refractivity (Wildman–Crippen MR) is 72.4 cm³/mol. The maximum absolute atomic E-state index is 11.9. The van der Waals surface area contributed by atoms with Crippen LogP contribution in [-0.2, 0) is 10.2 Å². The van der Waals surface area contributed by atoms with Gasteiger partial charge in [-0.05, 0) is 31.1 Å². The van der Waals surface area contributed by atoms with Crippen LogP contribution in [0.15, 0.2) is 0 Å². The van der Waals surface area contributed by atoms with Gasteiger partial charge in [-0.2, -0.15) is 12.7 Å². The van der Waals surface area contributed by atoms with E-state index in [2.05, 4.69) is 11.6 Å². The molecule has 0 aromatic heterocycles. The van der Waals surface area contributed by atoms with Gasteiger partial charge in [0.25, 0.3) is 10.2 Å². The van der Waals surface area contributed by atoms with Crippen molar-refractivity contribution in [1.82, 2.24) is 9.03 Å². The second-order valence-corrected chi connectivity index (χ2v) is 7.25. The summed E-state index contributed by atoms with van der Waals surface area (Å²) in [7, 11) is -1.83. The van der Waals surface area contributed by atoms with Gasteiger partial charge in [0.15, 0.2) is 0 Å². The number of nitrogens with zero attached hydrogens (tertiary/aromatic N) is 1. The Morgan fingerprint density at radius 1 is 1.39 bits per heavy atom. The fourth-order valence-corrected chi connectivity index (χ4v) is 3.53. The van der Waals surface area contributed by atoms with E-state index in [1.807, 2.05) is 0 Å². The summed E-state index contributed by atoms with van der Waals surface area (Å²) in [5, 5.41) is 8.70. The Hall–Kier alpha value is -0.170. The van der Waals surface area contributed by atoms with E-state index in [0.717, 1.165) is 12.8 Å². The molecule has 108 valence electrons. The van der Waals surface area contributed by atoms with Gasteiger partial charge in [0.1, 0.15) is 0 Å². The van der Waals surface area contributed by atoms with Crippen LogP contribution in [0, 0.1) is 11.8 Å². The van der Waals surface area contributed by atoms with Gasteiger partial charge in [0.05, 0.1) is 0 Å². The smallest absolute Gasteiger partial charge is 0.279 e. The average Bonchev–Trinajstić information content (AvgIpc) is 2.33. The van der Waals surface area contributed by atoms with Crippen molar-refractivity contribution in [2.24, 2.45) is 11.8 Å². The minimum atomic E-state index is -3.38. The molecule has 0 spiro atoms. The van der Waals surface area contributed by atoms with Crippen molar-refractivity contribution in [2.45, 2.75) is 39.0 Å². The Kier molecular flexibility index (Phi) is 6.55. The molecule has 2 unspecified atom stereocenters. The number of nitrogens with one attached hydrogen (secondary N) is 1. The minimum absolute atomic E-state index is 0.0139. The summed E-state index contributed by atoms with van der Waals surface area (Å²) in [6, 6.07) is 0. The second kappa shape index (κ2) is 7.43. The summed E-state index contributed by atoms with van der Waals surface area (Å²) >= 11 is 0. The van der Waals surface area contributed by atoms with Gasteiger partial charge in [-0.15, -0.1) is 0 Å². The molecular formula is C12H26N2O3S. The third kappa shape index (κ3) is 5.22. The summed E-state index contributed by atoms with van der Waals surface area (Å²) in [5.74, 6) is 1.18. The lowest BCUT2D eigenvalue weighted by Crippen LogP contribution is -2.41. The van der Waals surface area contributed by atoms with Gasteiger partial charge in [-0.25, -0.2) is 4.72 Å². The fraction of sp³-hybridized carbons (Fsp3) is 1.00. The Balaban J connectivity index is 2.36. The molecule has 1 saturated carbocycles. The highest BCUT2D eigenvalue weighted by molar-refractivity contribution is 7.87. The van der Waals surface area contributed by atoms with E-state index in [4.69, 9.17) is 5.11 Å². The summed E-state index contributed by atoms with van der Waals surface area (Å²) in [5.41, 5.74) is 0. The molecule has 1 rings (SSSR count). The molecule has 18 heavy (non-hydrogen) atoms. The lowest BCUT2D eigenvalue weighted by molar-refractivity contribution is 0.272. The number of rotatable bonds is 7. The first-order chi connectivity index (χ1) is 8.45. The van der Waals surface area contributed by atoms with E-state index in [0.29, 0.717) is 31.3 Å². The van der Waals surface area contributed by atoms with Gasteiger partial charge < -0.3 is 5.11 Å². The summed E-state index contributed by atoms with van der Waals surface area (Å²) in [6.07, 6.45) is 5.17. The zero-order chi connectivity index (χ0) is 13.6. The normalized spacial score (nSPS) is 25.6. The Morgan fingerprint density at radius 3 is 2.72 bits per heavy atom. The quantitative estimate of drug-likeness (QED) is 0.729. The van der Waals surface area contributed by atoms with Crippen molar-refractivity contribution < 1.29 is 13.5 Å². The largest absolute Gasteiger partial charge is 0.396 e. The number of hydrogen-bond acceptors (Lipinski definition) is 3. The van der Waals surface area contributed by atoms with Crippen LogP contribution in [0.25, 0.3) is 0 Å². The molecule has 1 aliphatic carbocycles. The highest BCUT2D eigenvalue weighted by atomic mass is 32.2. The van der Waals surface area contributed by atoms with Crippen LogP contribution in [0.4, 0.5) is 0 Å². The first kappa shape index (κ1) is 15.9. The van der Waals surface area contributed by atoms with Crippen LogP contribution in [0.2, 0.25) is 0 Å². The van der Waals surface area contributed by atoms with Crippen molar-refractivity contribution >= 4 is 10.2 Å². The van der Waals surface area contributed by atoms with Crippen LogP contribution in [0.5, 0.6) is 0 Å². The minimum Gasteiger partial charge on any atom is -0.396 e. The zero-order valence-electron chi connectivity index (χ0n) is 11.4. The summed E-state index contributed by atoms with van der Waals surface area (Å²) in [6.45, 7) is 3.14. The first-order valence-corrected chi connectivity index (χ1v) is 8.21. The maximum Gasteiger partial charge on any atom is 0.279 e. The van der Waals surface area contributed by atoms with Crippen molar-refractivity contribution in [3.63, 3.8) is 0 Å². The third-order valence-corrected chi connectivity index (χ3v) is 5.18. The average molecular weight is 278 g/mol. The van der Waals surface area contributed by atoms with Gasteiger partial charge in [-0.1, -0.05) is 19.8 Å². The van der Waals surface area contributed by atoms with Crippen molar-refractivity contribution in [1.29, 1.82) is 0 Å². The van der Waals surface area contributed by atoms with Crippen LogP contribution in [-0.4, -0.2) is 44.6 Å². The number of hydrogen-bond donors (Lipinski definition) is 2. The highest BCUT2D eigenvalue weighted by Gasteiger charge is 2.22. The van der Waals surface area contributed by atoms with E-state index in [9.17, 15) is 8.42 Å². The van der Waals surface area contributed by atoms with Crippen LogP contribution >= 0.6 is 0 Å². The van der Waals surface area contributed by atoms with Crippen molar-refractivity contribution in [3.8, 4) is 0 Å². The Bertz CT molecular complexity index is 332. The SMILES string of the molecule is CC1CCCC(CNS(=O)(=O)N(C)CCCO)C1. The van der Waals surface area contributed by atoms with Gasteiger partial charge in [0.2, 0.25) is 0 Å². The monoisotopic (exact) mass is 278 g/mol. The first-order valence-electron chi connectivity index (χ1n) is 6.77.